The molecular weight excluding hydrogens is 313 g/mol. The first-order valence-electron chi connectivity index (χ1n) is 4.89. The van der Waals surface area contributed by atoms with E-state index in [0.29, 0.717) is 12.1 Å². The van der Waals surface area contributed by atoms with Crippen molar-refractivity contribution >= 4 is 54.3 Å². The molecule has 4 N–H and O–H groups in total. The fourth-order valence-corrected chi connectivity index (χ4v) is 2.02. The number of hydrogen-bond acceptors (Lipinski definition) is 2. The van der Waals surface area contributed by atoms with Gasteiger partial charge in [-0.2, -0.15) is 0 Å². The molecule has 0 amide bonds. The van der Waals surface area contributed by atoms with Crippen LogP contribution in [0.2, 0.25) is 0 Å². The maximum atomic E-state index is 6.11. The van der Waals surface area contributed by atoms with Crippen LogP contribution in [0.15, 0.2) is 42.1 Å². The minimum absolute atomic E-state index is 0. The van der Waals surface area contributed by atoms with Crippen LogP contribution in [-0.2, 0) is 0 Å². The molecule has 0 saturated heterocycles. The van der Waals surface area contributed by atoms with Gasteiger partial charge in [-0.15, -0.1) is 0 Å². The topological polar surface area (TPSA) is 52.0 Å². The SMILES string of the molecule is NC1=CC=C(c2ccc(N)cc2)CC1(Cl)Cl.[GaH3]. The molecule has 1 aliphatic rings. The Bertz CT molecular complexity index is 464. The van der Waals surface area contributed by atoms with Gasteiger partial charge in [-0.3, -0.25) is 0 Å². The second-order valence-electron chi connectivity index (χ2n) is 3.82. The van der Waals surface area contributed by atoms with Gasteiger partial charge in [-0.05, 0) is 29.3 Å². The van der Waals surface area contributed by atoms with Crippen LogP contribution in [0.5, 0.6) is 0 Å². The van der Waals surface area contributed by atoms with Crippen LogP contribution in [0.25, 0.3) is 5.57 Å². The van der Waals surface area contributed by atoms with E-state index >= 15 is 0 Å². The quantitative estimate of drug-likeness (QED) is 0.470. The van der Waals surface area contributed by atoms with Crippen LogP contribution in [0.4, 0.5) is 5.69 Å². The van der Waals surface area contributed by atoms with E-state index in [4.69, 9.17) is 34.7 Å². The average Bonchev–Trinajstić information content (AvgIpc) is 2.23. The van der Waals surface area contributed by atoms with Crippen molar-refractivity contribution in [2.75, 3.05) is 5.73 Å². The van der Waals surface area contributed by atoms with E-state index in [1.807, 2.05) is 30.3 Å². The number of allylic oxidation sites excluding steroid dienone is 4. The Labute approximate surface area is 124 Å². The molecule has 0 spiro atoms. The summed E-state index contributed by atoms with van der Waals surface area (Å²) < 4.78 is -1.01. The monoisotopic (exact) mass is 326 g/mol. The first-order chi connectivity index (χ1) is 7.49. The number of alkyl halides is 2. The average molecular weight is 328 g/mol. The number of hydrogen-bond donors (Lipinski definition) is 2. The van der Waals surface area contributed by atoms with Gasteiger partial charge >= 0.3 is 19.8 Å². The van der Waals surface area contributed by atoms with E-state index in [9.17, 15) is 0 Å². The molecule has 1 aromatic rings. The van der Waals surface area contributed by atoms with Gasteiger partial charge in [0.05, 0.1) is 0 Å². The van der Waals surface area contributed by atoms with Crippen molar-refractivity contribution in [2.24, 2.45) is 5.73 Å². The van der Waals surface area contributed by atoms with Gasteiger partial charge in [-0.25, -0.2) is 0 Å². The molecule has 0 unspecified atom stereocenters. The Balaban J connectivity index is 0.00000144. The second kappa shape index (κ2) is 5.44. The van der Waals surface area contributed by atoms with Crippen LogP contribution < -0.4 is 11.5 Å². The van der Waals surface area contributed by atoms with E-state index < -0.39 is 4.33 Å². The van der Waals surface area contributed by atoms with Crippen molar-refractivity contribution in [3.63, 3.8) is 0 Å². The van der Waals surface area contributed by atoms with Crippen LogP contribution in [-0.4, -0.2) is 24.1 Å². The van der Waals surface area contributed by atoms with Gasteiger partial charge in [0, 0.05) is 17.8 Å². The standard InChI is InChI=1S/C12H12Cl2N2.Ga.3H/c13-12(14)7-9(3-6-11(12)16)8-1-4-10(15)5-2-8;;;;/h1-6H,7,15-16H2;;;;. The van der Waals surface area contributed by atoms with Gasteiger partial charge in [0.2, 0.25) is 0 Å². The van der Waals surface area contributed by atoms with E-state index in [0.717, 1.165) is 16.8 Å². The molecule has 90 valence electrons. The molecule has 1 aromatic carbocycles. The zero-order chi connectivity index (χ0) is 11.8. The number of rotatable bonds is 1. The van der Waals surface area contributed by atoms with Crippen LogP contribution in [0, 0.1) is 0 Å². The molecule has 17 heavy (non-hydrogen) atoms. The number of benzene rings is 1. The molecule has 0 saturated carbocycles. The van der Waals surface area contributed by atoms with Gasteiger partial charge in [0.1, 0.15) is 0 Å². The van der Waals surface area contributed by atoms with Crippen molar-refractivity contribution in [2.45, 2.75) is 10.8 Å². The molecule has 1 aliphatic carbocycles. The summed E-state index contributed by atoms with van der Waals surface area (Å²) >= 11 is 12.2. The van der Waals surface area contributed by atoms with E-state index in [2.05, 4.69) is 0 Å². The van der Waals surface area contributed by atoms with Gasteiger partial charge in [0.25, 0.3) is 0 Å². The normalized spacial score (nSPS) is 17.8. The van der Waals surface area contributed by atoms with Crippen LogP contribution in [0.3, 0.4) is 0 Å². The summed E-state index contributed by atoms with van der Waals surface area (Å²) in [6, 6.07) is 7.59. The first kappa shape index (κ1) is 14.6. The van der Waals surface area contributed by atoms with Crippen molar-refractivity contribution in [3.8, 4) is 0 Å². The van der Waals surface area contributed by atoms with Crippen molar-refractivity contribution in [1.82, 2.24) is 0 Å². The number of nitrogens with two attached hydrogens (primary N) is 2. The zero-order valence-electron chi connectivity index (χ0n) is 8.58. The van der Waals surface area contributed by atoms with Gasteiger partial charge in [-0.1, -0.05) is 41.4 Å². The predicted molar refractivity (Wildman–Crippen MR) is 80.1 cm³/mol. The molecular formula is C12H15Cl2GaN2. The molecule has 0 fully saturated rings. The second-order valence-corrected chi connectivity index (χ2v) is 5.30. The Hall–Kier alpha value is -0.484. The maximum absolute atomic E-state index is 6.11. The third-order valence-corrected chi connectivity index (χ3v) is 3.28. The summed E-state index contributed by atoms with van der Waals surface area (Å²) in [5, 5.41) is 0. The number of anilines is 1. The van der Waals surface area contributed by atoms with E-state index in [1.54, 1.807) is 6.08 Å². The molecule has 2 rings (SSSR count). The summed E-state index contributed by atoms with van der Waals surface area (Å²) in [4.78, 5) is 0. The fourth-order valence-electron chi connectivity index (χ4n) is 1.61. The first-order valence-corrected chi connectivity index (χ1v) is 5.65. The summed E-state index contributed by atoms with van der Waals surface area (Å²) in [7, 11) is 0. The molecule has 0 atom stereocenters. The predicted octanol–water partition coefficient (Wildman–Crippen LogP) is 1.89. The molecule has 5 heteroatoms. The minimum atomic E-state index is -1.01. The summed E-state index contributed by atoms with van der Waals surface area (Å²) in [5.74, 6) is 0. The Morgan fingerprint density at radius 1 is 1.00 bits per heavy atom. The van der Waals surface area contributed by atoms with Gasteiger partial charge < -0.3 is 11.5 Å². The summed E-state index contributed by atoms with van der Waals surface area (Å²) in [5.41, 5.74) is 14.7. The van der Waals surface area contributed by atoms with E-state index in [-0.39, 0.29) is 19.8 Å². The zero-order valence-corrected chi connectivity index (χ0v) is 10.1. The molecule has 0 heterocycles. The summed E-state index contributed by atoms with van der Waals surface area (Å²) in [6.07, 6.45) is 4.18. The molecule has 0 aliphatic heterocycles. The Kier molecular flexibility index (Phi) is 4.66. The summed E-state index contributed by atoms with van der Waals surface area (Å²) in [6.45, 7) is 0. The van der Waals surface area contributed by atoms with Crippen molar-refractivity contribution in [3.05, 3.63) is 47.7 Å². The fraction of sp³-hybridized carbons (Fsp3) is 0.167. The number of nitrogen functional groups attached to an aromatic ring is 1. The number of halogens is 2. The Morgan fingerprint density at radius 2 is 1.59 bits per heavy atom. The van der Waals surface area contributed by atoms with Crippen LogP contribution in [0.1, 0.15) is 12.0 Å². The van der Waals surface area contributed by atoms with E-state index in [1.165, 1.54) is 0 Å². The van der Waals surface area contributed by atoms with Crippen LogP contribution >= 0.6 is 23.2 Å². The van der Waals surface area contributed by atoms with Gasteiger partial charge in [0.15, 0.2) is 4.33 Å². The molecule has 0 bridgehead atoms. The van der Waals surface area contributed by atoms with Crippen molar-refractivity contribution in [1.29, 1.82) is 0 Å². The molecule has 0 radical (unpaired) electrons. The Morgan fingerprint density at radius 3 is 2.12 bits per heavy atom. The molecule has 0 aromatic heterocycles. The third-order valence-electron chi connectivity index (χ3n) is 2.58. The third kappa shape index (κ3) is 3.25. The molecule has 2 nitrogen and oxygen atoms in total. The van der Waals surface area contributed by atoms with Crippen molar-refractivity contribution < 1.29 is 0 Å².